The highest BCUT2D eigenvalue weighted by atomic mass is 32.2. The van der Waals surface area contributed by atoms with Gasteiger partial charge in [0.1, 0.15) is 0 Å². The molecule has 8 heteroatoms. The summed E-state index contributed by atoms with van der Waals surface area (Å²) < 4.78 is 27.5. The molecular formula is C20H23N3O4S. The minimum absolute atomic E-state index is 0.00615. The molecule has 1 heterocycles. The van der Waals surface area contributed by atoms with Crippen molar-refractivity contribution in [3.63, 3.8) is 0 Å². The van der Waals surface area contributed by atoms with Crippen molar-refractivity contribution in [2.24, 2.45) is 0 Å². The Hall–Kier alpha value is -2.71. The Morgan fingerprint density at radius 1 is 1.14 bits per heavy atom. The first-order valence-electron chi connectivity index (χ1n) is 9.12. The Balaban J connectivity index is 1.59. The smallest absolute Gasteiger partial charge is 0.240 e. The summed E-state index contributed by atoms with van der Waals surface area (Å²) >= 11 is 0. The Kier molecular flexibility index (Phi) is 6.11. The van der Waals surface area contributed by atoms with Gasteiger partial charge in [0.15, 0.2) is 0 Å². The summed E-state index contributed by atoms with van der Waals surface area (Å²) in [7, 11) is -3.74. The number of benzene rings is 2. The van der Waals surface area contributed by atoms with Gasteiger partial charge in [-0.15, -0.1) is 0 Å². The second-order valence-electron chi connectivity index (χ2n) is 6.79. The zero-order chi connectivity index (χ0) is 20.1. The van der Waals surface area contributed by atoms with E-state index in [4.69, 9.17) is 0 Å². The molecule has 0 saturated heterocycles. The highest BCUT2D eigenvalue weighted by Gasteiger charge is 2.19. The maximum atomic E-state index is 12.5. The van der Waals surface area contributed by atoms with Crippen LogP contribution in [0.2, 0.25) is 0 Å². The van der Waals surface area contributed by atoms with Crippen molar-refractivity contribution in [2.45, 2.75) is 37.5 Å². The van der Waals surface area contributed by atoms with E-state index in [1.54, 1.807) is 18.2 Å². The van der Waals surface area contributed by atoms with Gasteiger partial charge in [0.05, 0.1) is 4.90 Å². The zero-order valence-corrected chi connectivity index (χ0v) is 16.4. The molecular weight excluding hydrogens is 378 g/mol. The molecule has 0 atom stereocenters. The van der Waals surface area contributed by atoms with Crippen LogP contribution in [0.25, 0.3) is 0 Å². The lowest BCUT2D eigenvalue weighted by Crippen LogP contribution is -2.28. The number of carbonyl (C=O) groups excluding carboxylic acids is 2. The van der Waals surface area contributed by atoms with Gasteiger partial charge in [-0.3, -0.25) is 9.59 Å². The van der Waals surface area contributed by atoms with Crippen LogP contribution in [0.3, 0.4) is 0 Å². The number of fused-ring (bicyclic) bond motifs is 1. The van der Waals surface area contributed by atoms with Gasteiger partial charge >= 0.3 is 0 Å². The van der Waals surface area contributed by atoms with Crippen molar-refractivity contribution >= 4 is 33.2 Å². The Labute approximate surface area is 164 Å². The van der Waals surface area contributed by atoms with Crippen LogP contribution in [0.5, 0.6) is 0 Å². The maximum Gasteiger partial charge on any atom is 0.240 e. The Bertz CT molecular complexity index is 1000. The first-order chi connectivity index (χ1) is 13.3. The van der Waals surface area contributed by atoms with E-state index in [0.717, 1.165) is 11.1 Å². The molecule has 0 aliphatic carbocycles. The van der Waals surface area contributed by atoms with E-state index in [1.165, 1.54) is 6.07 Å². The van der Waals surface area contributed by atoms with Crippen molar-refractivity contribution in [2.75, 3.05) is 17.2 Å². The van der Waals surface area contributed by atoms with E-state index >= 15 is 0 Å². The Morgan fingerprint density at radius 3 is 2.75 bits per heavy atom. The third-order valence-corrected chi connectivity index (χ3v) is 5.92. The van der Waals surface area contributed by atoms with Crippen molar-refractivity contribution in [3.05, 3.63) is 53.6 Å². The second kappa shape index (κ2) is 8.53. The summed E-state index contributed by atoms with van der Waals surface area (Å²) in [6.45, 7) is 1.92. The van der Waals surface area contributed by atoms with Crippen LogP contribution in [0.1, 0.15) is 30.4 Å². The van der Waals surface area contributed by atoms with Crippen molar-refractivity contribution in [3.8, 4) is 0 Å². The molecule has 1 aliphatic rings. The second-order valence-corrected chi connectivity index (χ2v) is 8.55. The molecule has 0 aromatic heterocycles. The number of aryl methyl sites for hydroxylation is 2. The van der Waals surface area contributed by atoms with Crippen molar-refractivity contribution in [1.29, 1.82) is 0 Å². The topological polar surface area (TPSA) is 104 Å². The van der Waals surface area contributed by atoms with Gasteiger partial charge in [0.2, 0.25) is 21.8 Å². The molecule has 28 heavy (non-hydrogen) atoms. The summed E-state index contributed by atoms with van der Waals surface area (Å²) in [4.78, 5) is 23.7. The summed E-state index contributed by atoms with van der Waals surface area (Å²) in [5.41, 5.74) is 3.16. The van der Waals surface area contributed by atoms with Gasteiger partial charge in [0.25, 0.3) is 0 Å². The molecule has 3 rings (SSSR count). The third-order valence-electron chi connectivity index (χ3n) is 4.46. The highest BCUT2D eigenvalue weighted by Crippen LogP contribution is 2.25. The van der Waals surface area contributed by atoms with Gasteiger partial charge in [-0.05, 0) is 61.2 Å². The lowest BCUT2D eigenvalue weighted by molar-refractivity contribution is -0.116. The number of hydrogen-bond acceptors (Lipinski definition) is 4. The molecule has 0 unspecified atom stereocenters. The summed E-state index contributed by atoms with van der Waals surface area (Å²) in [6.07, 6.45) is 1.75. The average Bonchev–Trinajstić information content (AvgIpc) is 2.81. The standard InChI is InChI=1S/C20H23N3O4S/c1-14-4-2-6-16(12-14)22-20(25)10-11-21-28(26,27)17-8-9-18-15(13-17)5-3-7-19(24)23-18/h2,4,6,8-9,12-13,21H,3,5,7,10-11H2,1H3,(H,22,25)(H,23,24). The van der Waals surface area contributed by atoms with Crippen LogP contribution in [0, 0.1) is 6.92 Å². The van der Waals surface area contributed by atoms with Crippen molar-refractivity contribution < 1.29 is 18.0 Å². The molecule has 2 aromatic carbocycles. The van der Waals surface area contributed by atoms with E-state index in [0.29, 0.717) is 30.6 Å². The fourth-order valence-electron chi connectivity index (χ4n) is 3.05. The molecule has 0 fully saturated rings. The van der Waals surface area contributed by atoms with E-state index < -0.39 is 10.0 Å². The van der Waals surface area contributed by atoms with Crippen LogP contribution in [-0.4, -0.2) is 26.8 Å². The molecule has 0 spiro atoms. The van der Waals surface area contributed by atoms with E-state index in [1.807, 2.05) is 25.1 Å². The number of nitrogens with one attached hydrogen (secondary N) is 3. The summed E-state index contributed by atoms with van der Waals surface area (Å²) in [5.74, 6) is -0.329. The molecule has 0 radical (unpaired) electrons. The highest BCUT2D eigenvalue weighted by molar-refractivity contribution is 7.89. The van der Waals surface area contributed by atoms with E-state index in [9.17, 15) is 18.0 Å². The fourth-order valence-corrected chi connectivity index (χ4v) is 4.13. The Morgan fingerprint density at radius 2 is 1.96 bits per heavy atom. The number of anilines is 2. The lowest BCUT2D eigenvalue weighted by atomic mass is 10.1. The fraction of sp³-hybridized carbons (Fsp3) is 0.300. The molecule has 2 amide bonds. The first-order valence-corrected chi connectivity index (χ1v) is 10.6. The molecule has 3 N–H and O–H groups in total. The molecule has 2 aromatic rings. The number of hydrogen-bond donors (Lipinski definition) is 3. The van der Waals surface area contributed by atoms with Crippen LogP contribution in [0.4, 0.5) is 11.4 Å². The van der Waals surface area contributed by atoms with Gasteiger partial charge < -0.3 is 10.6 Å². The molecule has 0 saturated carbocycles. The van der Waals surface area contributed by atoms with Crippen LogP contribution >= 0.6 is 0 Å². The minimum Gasteiger partial charge on any atom is -0.326 e. The van der Waals surface area contributed by atoms with Gasteiger partial charge in [-0.25, -0.2) is 13.1 Å². The quantitative estimate of drug-likeness (QED) is 0.692. The third kappa shape index (κ3) is 5.17. The van der Waals surface area contributed by atoms with Crippen LogP contribution in [-0.2, 0) is 26.0 Å². The zero-order valence-electron chi connectivity index (χ0n) is 15.6. The number of sulfonamides is 1. The maximum absolute atomic E-state index is 12.5. The first kappa shape index (κ1) is 20.0. The number of carbonyl (C=O) groups is 2. The SMILES string of the molecule is Cc1cccc(NC(=O)CCNS(=O)(=O)c2ccc3c(c2)CCCC(=O)N3)c1. The molecule has 0 bridgehead atoms. The predicted octanol–water partition coefficient (Wildman–Crippen LogP) is 2.58. The minimum atomic E-state index is -3.74. The van der Waals surface area contributed by atoms with Crippen LogP contribution < -0.4 is 15.4 Å². The predicted molar refractivity (Wildman–Crippen MR) is 108 cm³/mol. The van der Waals surface area contributed by atoms with Crippen LogP contribution in [0.15, 0.2) is 47.4 Å². The van der Waals surface area contributed by atoms with E-state index in [-0.39, 0.29) is 29.7 Å². The molecule has 7 nitrogen and oxygen atoms in total. The monoisotopic (exact) mass is 401 g/mol. The number of amides is 2. The van der Waals surface area contributed by atoms with Gasteiger partial charge in [0, 0.05) is 30.8 Å². The van der Waals surface area contributed by atoms with Gasteiger partial charge in [-0.1, -0.05) is 12.1 Å². The average molecular weight is 401 g/mol. The lowest BCUT2D eigenvalue weighted by Gasteiger charge is -2.11. The van der Waals surface area contributed by atoms with E-state index in [2.05, 4.69) is 15.4 Å². The largest absolute Gasteiger partial charge is 0.326 e. The molecule has 148 valence electrons. The normalized spacial score (nSPS) is 14.0. The van der Waals surface area contributed by atoms with Gasteiger partial charge in [-0.2, -0.15) is 0 Å². The van der Waals surface area contributed by atoms with Crippen molar-refractivity contribution in [1.82, 2.24) is 4.72 Å². The summed E-state index contributed by atoms with van der Waals surface area (Å²) in [5, 5.41) is 5.53. The summed E-state index contributed by atoms with van der Waals surface area (Å²) in [6, 6.07) is 12.0. The number of rotatable bonds is 6. The molecule has 1 aliphatic heterocycles.